The summed E-state index contributed by atoms with van der Waals surface area (Å²) in [5.41, 5.74) is 4.27. The lowest BCUT2D eigenvalue weighted by atomic mass is 9.99. The number of pyridine rings is 2. The van der Waals surface area contributed by atoms with Crippen molar-refractivity contribution in [3.8, 4) is 11.1 Å². The van der Waals surface area contributed by atoms with E-state index in [2.05, 4.69) is 16.3 Å². The third-order valence-corrected chi connectivity index (χ3v) is 5.32. The second-order valence-corrected chi connectivity index (χ2v) is 7.28. The summed E-state index contributed by atoms with van der Waals surface area (Å²) in [4.78, 5) is 20.4. The Kier molecular flexibility index (Phi) is 4.89. The van der Waals surface area contributed by atoms with Crippen molar-refractivity contribution in [3.63, 3.8) is 0 Å². The van der Waals surface area contributed by atoms with Crippen molar-refractivity contribution in [2.75, 3.05) is 31.1 Å². The molecule has 0 atom stereocenters. The monoisotopic (exact) mass is 382 g/mol. The fraction of sp³-hybridized carbons (Fsp3) is 0.333. The highest BCUT2D eigenvalue weighted by atomic mass is 35.5. The molecular formula is C21H23ClN4O. The number of nitrogens with zero attached hydrogens (tertiary/aromatic N) is 3. The molecule has 1 N–H and O–H groups in total. The summed E-state index contributed by atoms with van der Waals surface area (Å²) in [6.07, 6.45) is 0. The minimum absolute atomic E-state index is 0.0139. The van der Waals surface area contributed by atoms with Gasteiger partial charge in [-0.2, -0.15) is 0 Å². The number of hydrogen-bond acceptors (Lipinski definition) is 4. The molecule has 3 aromatic rings. The zero-order valence-corrected chi connectivity index (χ0v) is 16.4. The van der Waals surface area contributed by atoms with Gasteiger partial charge in [-0.15, -0.1) is 0 Å². The van der Waals surface area contributed by atoms with E-state index >= 15 is 0 Å². The lowest BCUT2D eigenvalue weighted by molar-refractivity contribution is 0.585. The van der Waals surface area contributed by atoms with Crippen LogP contribution in [0.5, 0.6) is 0 Å². The van der Waals surface area contributed by atoms with Crippen LogP contribution in [0.15, 0.2) is 41.2 Å². The van der Waals surface area contributed by atoms with Gasteiger partial charge in [-0.25, -0.2) is 4.98 Å². The van der Waals surface area contributed by atoms with Gasteiger partial charge < -0.3 is 10.2 Å². The van der Waals surface area contributed by atoms with Crippen LogP contribution in [0.3, 0.4) is 0 Å². The van der Waals surface area contributed by atoms with Crippen molar-refractivity contribution in [1.82, 2.24) is 14.9 Å². The van der Waals surface area contributed by atoms with Crippen LogP contribution in [0, 0.1) is 6.92 Å². The highest BCUT2D eigenvalue weighted by Gasteiger charge is 2.24. The Morgan fingerprint density at radius 1 is 1.19 bits per heavy atom. The molecule has 1 aromatic carbocycles. The Bertz CT molecular complexity index is 1050. The average Bonchev–Trinajstić information content (AvgIpc) is 2.67. The number of aryl methyl sites for hydroxylation is 2. The predicted molar refractivity (Wildman–Crippen MR) is 112 cm³/mol. The number of halogens is 1. The smallest absolute Gasteiger partial charge is 0.276 e. The molecule has 1 saturated heterocycles. The van der Waals surface area contributed by atoms with E-state index in [4.69, 9.17) is 16.6 Å². The molecule has 0 radical (unpaired) electrons. The van der Waals surface area contributed by atoms with Crippen LogP contribution in [0.1, 0.15) is 12.6 Å². The number of nitrogens with one attached hydrogen (secondary N) is 1. The summed E-state index contributed by atoms with van der Waals surface area (Å²) in [5.74, 6) is 0. The molecule has 0 amide bonds. The van der Waals surface area contributed by atoms with Crippen molar-refractivity contribution >= 4 is 28.3 Å². The molecule has 2 aromatic heterocycles. The molecule has 4 rings (SSSR count). The van der Waals surface area contributed by atoms with Crippen LogP contribution in [-0.4, -0.2) is 35.7 Å². The third-order valence-electron chi connectivity index (χ3n) is 5.09. The van der Waals surface area contributed by atoms with Crippen LogP contribution in [0.25, 0.3) is 22.2 Å². The number of hydrogen-bond donors (Lipinski definition) is 1. The molecule has 6 heteroatoms. The van der Waals surface area contributed by atoms with Gasteiger partial charge in [0.05, 0.1) is 0 Å². The zero-order chi connectivity index (χ0) is 19.0. The van der Waals surface area contributed by atoms with Crippen LogP contribution in [0.2, 0.25) is 5.02 Å². The van der Waals surface area contributed by atoms with E-state index in [1.54, 1.807) is 4.57 Å². The summed E-state index contributed by atoms with van der Waals surface area (Å²) in [6, 6.07) is 11.8. The van der Waals surface area contributed by atoms with E-state index in [0.717, 1.165) is 59.7 Å². The summed E-state index contributed by atoms with van der Waals surface area (Å²) in [5, 5.41) is 5.00. The highest BCUT2D eigenvalue weighted by molar-refractivity contribution is 6.31. The molecular weight excluding hydrogens is 360 g/mol. The molecule has 27 heavy (non-hydrogen) atoms. The first kappa shape index (κ1) is 18.0. The number of piperazine rings is 1. The van der Waals surface area contributed by atoms with E-state index in [1.807, 2.05) is 44.2 Å². The molecule has 0 unspecified atom stereocenters. The molecule has 0 bridgehead atoms. The Hall–Kier alpha value is -2.37. The average molecular weight is 383 g/mol. The Balaban J connectivity index is 2.12. The van der Waals surface area contributed by atoms with E-state index in [0.29, 0.717) is 11.6 Å². The molecule has 1 aliphatic heterocycles. The summed E-state index contributed by atoms with van der Waals surface area (Å²) < 4.78 is 1.79. The van der Waals surface area contributed by atoms with Gasteiger partial charge in [-0.1, -0.05) is 23.7 Å². The van der Waals surface area contributed by atoms with Gasteiger partial charge in [0, 0.05) is 54.4 Å². The lowest BCUT2D eigenvalue weighted by Gasteiger charge is -2.31. The summed E-state index contributed by atoms with van der Waals surface area (Å²) >= 11 is 6.29. The van der Waals surface area contributed by atoms with Gasteiger partial charge in [0.25, 0.3) is 5.56 Å². The minimum atomic E-state index is 0.0139. The molecule has 0 spiro atoms. The van der Waals surface area contributed by atoms with Gasteiger partial charge in [0.15, 0.2) is 0 Å². The van der Waals surface area contributed by atoms with E-state index in [1.165, 1.54) is 0 Å². The topological polar surface area (TPSA) is 50.2 Å². The first-order chi connectivity index (χ1) is 13.1. The maximum absolute atomic E-state index is 13.5. The van der Waals surface area contributed by atoms with Gasteiger partial charge in [-0.05, 0) is 43.7 Å². The number of aromatic nitrogens is 2. The second kappa shape index (κ2) is 7.33. The van der Waals surface area contributed by atoms with E-state index in [9.17, 15) is 4.79 Å². The maximum atomic E-state index is 13.5. The third kappa shape index (κ3) is 3.22. The van der Waals surface area contributed by atoms with Crippen molar-refractivity contribution in [1.29, 1.82) is 0 Å². The predicted octanol–water partition coefficient (Wildman–Crippen LogP) is 3.45. The minimum Gasteiger partial charge on any atom is -0.364 e. The van der Waals surface area contributed by atoms with Gasteiger partial charge in [-0.3, -0.25) is 9.36 Å². The van der Waals surface area contributed by atoms with Crippen molar-refractivity contribution in [2.45, 2.75) is 20.4 Å². The quantitative estimate of drug-likeness (QED) is 0.753. The normalized spacial score (nSPS) is 14.7. The molecule has 140 valence electrons. The number of anilines is 1. The lowest BCUT2D eigenvalue weighted by Crippen LogP contribution is -2.46. The molecule has 1 fully saturated rings. The number of fused-ring (bicyclic) bond motifs is 1. The van der Waals surface area contributed by atoms with Crippen molar-refractivity contribution in [2.24, 2.45) is 0 Å². The highest BCUT2D eigenvalue weighted by Crippen LogP contribution is 2.36. The van der Waals surface area contributed by atoms with Gasteiger partial charge in [0.2, 0.25) is 0 Å². The Morgan fingerprint density at radius 3 is 2.67 bits per heavy atom. The second-order valence-electron chi connectivity index (χ2n) is 6.84. The van der Waals surface area contributed by atoms with Crippen LogP contribution < -0.4 is 15.8 Å². The van der Waals surface area contributed by atoms with Crippen molar-refractivity contribution in [3.05, 3.63) is 57.5 Å². The Morgan fingerprint density at radius 2 is 1.96 bits per heavy atom. The first-order valence-corrected chi connectivity index (χ1v) is 9.73. The largest absolute Gasteiger partial charge is 0.364 e. The van der Waals surface area contributed by atoms with Gasteiger partial charge >= 0.3 is 0 Å². The van der Waals surface area contributed by atoms with Gasteiger partial charge in [0.1, 0.15) is 11.3 Å². The van der Waals surface area contributed by atoms with Crippen molar-refractivity contribution < 1.29 is 0 Å². The molecule has 0 aliphatic carbocycles. The number of rotatable bonds is 3. The standard InChI is InChI=1S/C21H23ClN4O/c1-3-26-20-17(8-7-14(2)24-20)18(15-5-4-6-16(22)13-15)19(21(26)27)25-11-9-23-10-12-25/h4-8,13,23H,3,9-12H2,1-2H3. The zero-order valence-electron chi connectivity index (χ0n) is 15.6. The summed E-state index contributed by atoms with van der Waals surface area (Å²) in [7, 11) is 0. The maximum Gasteiger partial charge on any atom is 0.276 e. The van der Waals surface area contributed by atoms with E-state index in [-0.39, 0.29) is 5.56 Å². The number of benzene rings is 1. The molecule has 5 nitrogen and oxygen atoms in total. The van der Waals surface area contributed by atoms with Crippen LogP contribution in [-0.2, 0) is 6.54 Å². The molecule has 1 aliphatic rings. The van der Waals surface area contributed by atoms with Crippen LogP contribution >= 0.6 is 11.6 Å². The first-order valence-electron chi connectivity index (χ1n) is 9.36. The Labute approximate surface area is 163 Å². The SMILES string of the molecule is CCn1c(=O)c(N2CCNCC2)c(-c2cccc(Cl)c2)c2ccc(C)nc21. The fourth-order valence-corrected chi connectivity index (χ4v) is 4.00. The molecule has 0 saturated carbocycles. The fourth-order valence-electron chi connectivity index (χ4n) is 3.81. The van der Waals surface area contributed by atoms with Crippen LogP contribution in [0.4, 0.5) is 5.69 Å². The summed E-state index contributed by atoms with van der Waals surface area (Å²) in [6.45, 7) is 7.86. The van der Waals surface area contributed by atoms with E-state index < -0.39 is 0 Å². The molecule has 3 heterocycles.